The van der Waals surface area contributed by atoms with Gasteiger partial charge in [-0.25, -0.2) is 0 Å². The maximum Gasteiger partial charge on any atom is 0.317 e. The second-order valence-corrected chi connectivity index (χ2v) is 6.02. The lowest BCUT2D eigenvalue weighted by molar-refractivity contribution is -0.139. The predicted octanol–water partition coefficient (Wildman–Crippen LogP) is 1.46. The monoisotopic (exact) mass is 319 g/mol. The number of likely N-dealkylation sites (N-methyl/N-ethyl adjacent to an activating group) is 1. The highest BCUT2D eigenvalue weighted by atomic mass is 16.4. The molecule has 0 saturated heterocycles. The van der Waals surface area contributed by atoms with Crippen molar-refractivity contribution in [2.24, 2.45) is 0 Å². The van der Waals surface area contributed by atoms with Gasteiger partial charge in [-0.2, -0.15) is 0 Å². The van der Waals surface area contributed by atoms with E-state index >= 15 is 0 Å². The first-order valence-corrected chi connectivity index (χ1v) is 8.23. The van der Waals surface area contributed by atoms with Crippen LogP contribution in [-0.2, 0) is 16.0 Å². The third-order valence-corrected chi connectivity index (χ3v) is 4.30. The van der Waals surface area contributed by atoms with Gasteiger partial charge in [-0.3, -0.25) is 19.5 Å². The van der Waals surface area contributed by atoms with Crippen LogP contribution in [0.25, 0.3) is 0 Å². The normalized spacial score (nSPS) is 20.1. The van der Waals surface area contributed by atoms with E-state index in [1.54, 1.807) is 6.20 Å². The number of hydrogen-bond acceptors (Lipinski definition) is 4. The number of aryl methyl sites for hydroxylation is 1. The van der Waals surface area contributed by atoms with E-state index in [4.69, 9.17) is 5.11 Å². The highest BCUT2D eigenvalue weighted by molar-refractivity contribution is 5.76. The summed E-state index contributed by atoms with van der Waals surface area (Å²) >= 11 is 0. The molecule has 0 bridgehead atoms. The molecule has 1 aromatic rings. The summed E-state index contributed by atoms with van der Waals surface area (Å²) < 4.78 is 0. The third kappa shape index (κ3) is 5.63. The van der Waals surface area contributed by atoms with Crippen LogP contribution in [-0.4, -0.2) is 52.0 Å². The number of amides is 1. The van der Waals surface area contributed by atoms with E-state index in [0.717, 1.165) is 37.9 Å². The fourth-order valence-corrected chi connectivity index (χ4v) is 2.95. The number of pyridine rings is 1. The first-order chi connectivity index (χ1) is 11.1. The number of carbonyl (C=O) groups excluding carboxylic acids is 1. The largest absolute Gasteiger partial charge is 0.480 e. The molecule has 126 valence electrons. The van der Waals surface area contributed by atoms with Gasteiger partial charge in [0.05, 0.1) is 6.54 Å². The molecule has 1 aliphatic rings. The van der Waals surface area contributed by atoms with Crippen LogP contribution in [0.15, 0.2) is 24.4 Å². The van der Waals surface area contributed by atoms with Crippen LogP contribution in [0.2, 0.25) is 0 Å². The number of aliphatic carboxylic acids is 1. The molecule has 1 saturated carbocycles. The molecule has 6 heteroatoms. The van der Waals surface area contributed by atoms with Crippen LogP contribution in [0.3, 0.4) is 0 Å². The van der Waals surface area contributed by atoms with Gasteiger partial charge in [0.25, 0.3) is 0 Å². The van der Waals surface area contributed by atoms with Gasteiger partial charge in [0, 0.05) is 30.4 Å². The Hall–Kier alpha value is -1.95. The van der Waals surface area contributed by atoms with Crippen LogP contribution in [0.5, 0.6) is 0 Å². The zero-order chi connectivity index (χ0) is 16.7. The van der Waals surface area contributed by atoms with E-state index in [1.165, 1.54) is 0 Å². The molecule has 0 aliphatic heterocycles. The second kappa shape index (κ2) is 8.62. The number of nitrogens with one attached hydrogen (secondary N) is 1. The summed E-state index contributed by atoms with van der Waals surface area (Å²) in [4.78, 5) is 28.9. The van der Waals surface area contributed by atoms with Crippen molar-refractivity contribution in [3.05, 3.63) is 30.1 Å². The van der Waals surface area contributed by atoms with E-state index in [9.17, 15) is 9.59 Å². The highest BCUT2D eigenvalue weighted by Gasteiger charge is 2.34. The third-order valence-electron chi connectivity index (χ3n) is 4.30. The first kappa shape index (κ1) is 17.4. The Morgan fingerprint density at radius 3 is 2.78 bits per heavy atom. The molecule has 0 aromatic carbocycles. The Morgan fingerprint density at radius 1 is 1.39 bits per heavy atom. The Labute approximate surface area is 136 Å². The maximum absolute atomic E-state index is 11.9. The maximum atomic E-state index is 11.9. The average molecular weight is 319 g/mol. The minimum Gasteiger partial charge on any atom is -0.480 e. The number of rotatable bonds is 9. The Bertz CT molecular complexity index is 515. The second-order valence-electron chi connectivity index (χ2n) is 6.02. The average Bonchev–Trinajstić information content (AvgIpc) is 2.49. The fraction of sp³-hybridized carbons (Fsp3) is 0.588. The fourth-order valence-electron chi connectivity index (χ4n) is 2.95. The molecule has 1 heterocycles. The molecule has 23 heavy (non-hydrogen) atoms. The molecule has 0 radical (unpaired) electrons. The van der Waals surface area contributed by atoms with Crippen molar-refractivity contribution in [3.63, 3.8) is 0 Å². The SMILES string of the molecule is CCN(CC(=O)O)C1CC(NC(=O)CCCc2ccccn2)C1. The Balaban J connectivity index is 1.61. The van der Waals surface area contributed by atoms with Crippen molar-refractivity contribution in [2.45, 2.75) is 51.1 Å². The summed E-state index contributed by atoms with van der Waals surface area (Å²) in [6, 6.07) is 6.26. The minimum atomic E-state index is -0.797. The van der Waals surface area contributed by atoms with E-state index in [0.29, 0.717) is 6.42 Å². The van der Waals surface area contributed by atoms with Gasteiger partial charge in [0.2, 0.25) is 5.91 Å². The van der Waals surface area contributed by atoms with Crippen molar-refractivity contribution < 1.29 is 14.7 Å². The molecule has 1 aromatic heterocycles. The zero-order valence-electron chi connectivity index (χ0n) is 13.6. The highest BCUT2D eigenvalue weighted by Crippen LogP contribution is 2.25. The quantitative estimate of drug-likeness (QED) is 0.720. The van der Waals surface area contributed by atoms with Gasteiger partial charge in [-0.15, -0.1) is 0 Å². The molecule has 2 rings (SSSR count). The summed E-state index contributed by atoms with van der Waals surface area (Å²) in [6.07, 6.45) is 5.55. The van der Waals surface area contributed by atoms with E-state index in [2.05, 4.69) is 10.3 Å². The molecule has 0 atom stereocenters. The lowest BCUT2D eigenvalue weighted by Gasteiger charge is -2.42. The lowest BCUT2D eigenvalue weighted by atomic mass is 9.85. The van der Waals surface area contributed by atoms with Crippen LogP contribution in [0.1, 0.15) is 38.3 Å². The van der Waals surface area contributed by atoms with Crippen molar-refractivity contribution in [1.29, 1.82) is 0 Å². The van der Waals surface area contributed by atoms with Gasteiger partial charge in [-0.05, 0) is 44.4 Å². The summed E-state index contributed by atoms with van der Waals surface area (Å²) in [5, 5.41) is 11.9. The summed E-state index contributed by atoms with van der Waals surface area (Å²) in [5.41, 5.74) is 1.01. The molecule has 2 N–H and O–H groups in total. The van der Waals surface area contributed by atoms with Gasteiger partial charge < -0.3 is 10.4 Å². The Morgan fingerprint density at radius 2 is 2.17 bits per heavy atom. The number of nitrogens with zero attached hydrogens (tertiary/aromatic N) is 2. The lowest BCUT2D eigenvalue weighted by Crippen LogP contribution is -2.54. The van der Waals surface area contributed by atoms with Gasteiger partial charge >= 0.3 is 5.97 Å². The standard InChI is InChI=1S/C17H25N3O3/c1-2-20(12-17(22)23)15-10-14(11-15)19-16(21)8-5-7-13-6-3-4-9-18-13/h3-4,6,9,14-15H,2,5,7-8,10-12H2,1H3,(H,19,21)(H,22,23). The molecular weight excluding hydrogens is 294 g/mol. The summed E-state index contributed by atoms with van der Waals surface area (Å²) in [6.45, 7) is 2.76. The van der Waals surface area contributed by atoms with Crippen LogP contribution < -0.4 is 5.32 Å². The van der Waals surface area contributed by atoms with E-state index in [1.807, 2.05) is 30.0 Å². The molecule has 1 amide bonds. The molecular formula is C17H25N3O3. The zero-order valence-corrected chi connectivity index (χ0v) is 13.6. The van der Waals surface area contributed by atoms with Crippen molar-refractivity contribution in [3.8, 4) is 0 Å². The molecule has 6 nitrogen and oxygen atoms in total. The van der Waals surface area contributed by atoms with Crippen LogP contribution >= 0.6 is 0 Å². The first-order valence-electron chi connectivity index (χ1n) is 8.23. The number of aromatic nitrogens is 1. The number of carboxylic acid groups (broad SMARTS) is 1. The summed E-state index contributed by atoms with van der Waals surface area (Å²) in [7, 11) is 0. The smallest absolute Gasteiger partial charge is 0.317 e. The van der Waals surface area contributed by atoms with Gasteiger partial charge in [-0.1, -0.05) is 13.0 Å². The van der Waals surface area contributed by atoms with Crippen LogP contribution in [0.4, 0.5) is 0 Å². The predicted molar refractivity (Wildman–Crippen MR) is 87.0 cm³/mol. The van der Waals surface area contributed by atoms with Crippen molar-refractivity contribution in [2.75, 3.05) is 13.1 Å². The van der Waals surface area contributed by atoms with E-state index in [-0.39, 0.29) is 24.5 Å². The Kier molecular flexibility index (Phi) is 6.52. The molecule has 0 spiro atoms. The summed E-state index contributed by atoms with van der Waals surface area (Å²) in [5.74, 6) is -0.723. The molecule has 1 fully saturated rings. The molecule has 0 unspecified atom stereocenters. The van der Waals surface area contributed by atoms with Gasteiger partial charge in [0.15, 0.2) is 0 Å². The number of carbonyl (C=O) groups is 2. The van der Waals surface area contributed by atoms with Crippen LogP contribution in [0, 0.1) is 0 Å². The van der Waals surface area contributed by atoms with Crippen molar-refractivity contribution >= 4 is 11.9 Å². The van der Waals surface area contributed by atoms with Gasteiger partial charge in [0.1, 0.15) is 0 Å². The van der Waals surface area contributed by atoms with E-state index < -0.39 is 5.97 Å². The number of carboxylic acids is 1. The van der Waals surface area contributed by atoms with Crippen molar-refractivity contribution in [1.82, 2.24) is 15.2 Å². The topological polar surface area (TPSA) is 82.5 Å². The number of hydrogen-bond donors (Lipinski definition) is 2. The molecule has 1 aliphatic carbocycles. The minimum absolute atomic E-state index is 0.0747.